The molecule has 2 aromatic carbocycles. The van der Waals surface area contributed by atoms with E-state index in [2.05, 4.69) is 10.3 Å². The molecule has 0 aliphatic rings. The van der Waals surface area contributed by atoms with Crippen LogP contribution in [0.1, 0.15) is 18.2 Å². The lowest BCUT2D eigenvalue weighted by molar-refractivity contribution is -0.123. The average Bonchev–Trinajstić information content (AvgIpc) is 2.77. The molecule has 1 N–H and O–H groups in total. The summed E-state index contributed by atoms with van der Waals surface area (Å²) in [6, 6.07) is 20.5. The Morgan fingerprint density at radius 2 is 1.69 bits per heavy atom. The third-order valence-electron chi connectivity index (χ3n) is 4.01. The second kappa shape index (κ2) is 10.7. The van der Waals surface area contributed by atoms with Gasteiger partial charge in [-0.2, -0.15) is 0 Å². The summed E-state index contributed by atoms with van der Waals surface area (Å²) in [5.74, 6) is 1.93. The maximum Gasteiger partial charge on any atom is 0.258 e. The summed E-state index contributed by atoms with van der Waals surface area (Å²) in [6.45, 7) is 3.28. The highest BCUT2D eigenvalue weighted by atomic mass is 16.5. The SMILES string of the molecule is CCOc1ccc(OCC(=O)NCc2cccc(OCc3ccccn3)c2)cc1. The first kappa shape index (κ1) is 20.2. The number of hydrogen-bond donors (Lipinski definition) is 1. The highest BCUT2D eigenvalue weighted by molar-refractivity contribution is 5.77. The first-order chi connectivity index (χ1) is 14.2. The number of pyridine rings is 1. The third kappa shape index (κ3) is 6.84. The molecule has 0 fully saturated rings. The number of hydrogen-bond acceptors (Lipinski definition) is 5. The first-order valence-electron chi connectivity index (χ1n) is 9.47. The van der Waals surface area contributed by atoms with E-state index in [0.29, 0.717) is 25.5 Å². The molecule has 0 radical (unpaired) electrons. The van der Waals surface area contributed by atoms with Crippen molar-refractivity contribution in [1.29, 1.82) is 0 Å². The summed E-state index contributed by atoms with van der Waals surface area (Å²) in [5.41, 5.74) is 1.80. The van der Waals surface area contributed by atoms with Gasteiger partial charge in [0.15, 0.2) is 6.61 Å². The normalized spacial score (nSPS) is 10.2. The standard InChI is InChI=1S/C23H24N2O4/c1-2-27-20-9-11-21(12-10-20)29-17-23(26)25-15-18-6-5-8-22(14-18)28-16-19-7-3-4-13-24-19/h3-14H,2,15-17H2,1H3,(H,25,26). The van der Waals surface area contributed by atoms with Crippen molar-refractivity contribution in [3.8, 4) is 17.2 Å². The summed E-state index contributed by atoms with van der Waals surface area (Å²) in [4.78, 5) is 16.3. The van der Waals surface area contributed by atoms with Crippen LogP contribution in [0.3, 0.4) is 0 Å². The summed E-state index contributed by atoms with van der Waals surface area (Å²) >= 11 is 0. The van der Waals surface area contributed by atoms with E-state index in [1.54, 1.807) is 18.3 Å². The highest BCUT2D eigenvalue weighted by Gasteiger charge is 2.05. The van der Waals surface area contributed by atoms with E-state index in [0.717, 1.165) is 22.8 Å². The van der Waals surface area contributed by atoms with Crippen LogP contribution in [0.5, 0.6) is 17.2 Å². The van der Waals surface area contributed by atoms with Crippen molar-refractivity contribution in [3.63, 3.8) is 0 Å². The number of carbonyl (C=O) groups excluding carboxylic acids is 1. The molecule has 6 nitrogen and oxygen atoms in total. The van der Waals surface area contributed by atoms with E-state index in [1.165, 1.54) is 0 Å². The van der Waals surface area contributed by atoms with Gasteiger partial charge in [-0.15, -0.1) is 0 Å². The van der Waals surface area contributed by atoms with Crippen LogP contribution in [-0.2, 0) is 17.9 Å². The number of carbonyl (C=O) groups is 1. The minimum Gasteiger partial charge on any atom is -0.494 e. The minimum atomic E-state index is -0.196. The van der Waals surface area contributed by atoms with Gasteiger partial charge in [-0.05, 0) is 61.0 Å². The molecule has 29 heavy (non-hydrogen) atoms. The Hall–Kier alpha value is -3.54. The van der Waals surface area contributed by atoms with Crippen molar-refractivity contribution >= 4 is 5.91 Å². The summed E-state index contributed by atoms with van der Waals surface area (Å²) in [7, 11) is 0. The number of nitrogens with zero attached hydrogens (tertiary/aromatic N) is 1. The lowest BCUT2D eigenvalue weighted by Gasteiger charge is -2.10. The number of aromatic nitrogens is 1. The smallest absolute Gasteiger partial charge is 0.258 e. The van der Waals surface area contributed by atoms with Crippen LogP contribution >= 0.6 is 0 Å². The Balaban J connectivity index is 1.42. The molecule has 0 saturated carbocycles. The van der Waals surface area contributed by atoms with Crippen molar-refractivity contribution in [1.82, 2.24) is 10.3 Å². The molecule has 0 atom stereocenters. The predicted molar refractivity (Wildman–Crippen MR) is 110 cm³/mol. The van der Waals surface area contributed by atoms with Crippen molar-refractivity contribution < 1.29 is 19.0 Å². The molecule has 0 unspecified atom stereocenters. The van der Waals surface area contributed by atoms with E-state index < -0.39 is 0 Å². The van der Waals surface area contributed by atoms with Gasteiger partial charge in [0.05, 0.1) is 12.3 Å². The van der Waals surface area contributed by atoms with Crippen molar-refractivity contribution in [3.05, 3.63) is 84.2 Å². The van der Waals surface area contributed by atoms with Gasteiger partial charge < -0.3 is 19.5 Å². The van der Waals surface area contributed by atoms with E-state index >= 15 is 0 Å². The van der Waals surface area contributed by atoms with Crippen LogP contribution in [0.2, 0.25) is 0 Å². The number of benzene rings is 2. The molecule has 1 heterocycles. The van der Waals surface area contributed by atoms with Gasteiger partial charge in [0.2, 0.25) is 0 Å². The first-order valence-corrected chi connectivity index (χ1v) is 9.47. The van der Waals surface area contributed by atoms with Crippen LogP contribution in [0.4, 0.5) is 0 Å². The summed E-state index contributed by atoms with van der Waals surface area (Å²) in [5, 5.41) is 2.85. The van der Waals surface area contributed by atoms with E-state index in [1.807, 2.05) is 61.5 Å². The maximum atomic E-state index is 12.1. The average molecular weight is 392 g/mol. The molecule has 0 saturated heterocycles. The largest absolute Gasteiger partial charge is 0.494 e. The van der Waals surface area contributed by atoms with Gasteiger partial charge in [-0.3, -0.25) is 9.78 Å². The summed E-state index contributed by atoms with van der Waals surface area (Å²) in [6.07, 6.45) is 1.74. The molecule has 3 aromatic rings. The molecular weight excluding hydrogens is 368 g/mol. The lowest BCUT2D eigenvalue weighted by Crippen LogP contribution is -2.28. The Bertz CT molecular complexity index is 898. The Morgan fingerprint density at radius 3 is 2.41 bits per heavy atom. The third-order valence-corrected chi connectivity index (χ3v) is 4.01. The molecule has 0 spiro atoms. The minimum absolute atomic E-state index is 0.0517. The van der Waals surface area contributed by atoms with Crippen LogP contribution in [-0.4, -0.2) is 24.1 Å². The molecule has 0 bridgehead atoms. The quantitative estimate of drug-likeness (QED) is 0.569. The molecule has 1 aromatic heterocycles. The second-order valence-corrected chi connectivity index (χ2v) is 6.23. The van der Waals surface area contributed by atoms with Gasteiger partial charge in [0.25, 0.3) is 5.91 Å². The topological polar surface area (TPSA) is 69.7 Å². The van der Waals surface area contributed by atoms with Gasteiger partial charge in [0, 0.05) is 12.7 Å². The molecule has 6 heteroatoms. The molecule has 3 rings (SSSR count). The van der Waals surface area contributed by atoms with Crippen LogP contribution in [0, 0.1) is 0 Å². The van der Waals surface area contributed by atoms with Crippen molar-refractivity contribution in [2.45, 2.75) is 20.1 Å². The second-order valence-electron chi connectivity index (χ2n) is 6.23. The Morgan fingerprint density at radius 1 is 0.897 bits per heavy atom. The van der Waals surface area contributed by atoms with Gasteiger partial charge in [-0.25, -0.2) is 0 Å². The van der Waals surface area contributed by atoms with E-state index in [-0.39, 0.29) is 12.5 Å². The highest BCUT2D eigenvalue weighted by Crippen LogP contribution is 2.17. The van der Waals surface area contributed by atoms with Crippen molar-refractivity contribution in [2.75, 3.05) is 13.2 Å². The number of rotatable bonds is 10. The zero-order valence-electron chi connectivity index (χ0n) is 16.3. The fourth-order valence-corrected chi connectivity index (χ4v) is 2.59. The Labute approximate surface area is 170 Å². The van der Waals surface area contributed by atoms with E-state index in [9.17, 15) is 4.79 Å². The fraction of sp³-hybridized carbons (Fsp3) is 0.217. The lowest BCUT2D eigenvalue weighted by atomic mass is 10.2. The molecule has 150 valence electrons. The molecular formula is C23H24N2O4. The van der Waals surface area contributed by atoms with Crippen molar-refractivity contribution in [2.24, 2.45) is 0 Å². The van der Waals surface area contributed by atoms with Gasteiger partial charge >= 0.3 is 0 Å². The number of nitrogens with one attached hydrogen (secondary N) is 1. The molecule has 1 amide bonds. The van der Waals surface area contributed by atoms with Gasteiger partial charge in [0.1, 0.15) is 23.9 Å². The fourth-order valence-electron chi connectivity index (χ4n) is 2.59. The maximum absolute atomic E-state index is 12.1. The van der Waals surface area contributed by atoms with Crippen LogP contribution < -0.4 is 19.5 Å². The monoisotopic (exact) mass is 392 g/mol. The summed E-state index contributed by atoms with van der Waals surface area (Å²) < 4.78 is 16.6. The molecule has 0 aliphatic heterocycles. The van der Waals surface area contributed by atoms with Crippen LogP contribution in [0.25, 0.3) is 0 Å². The van der Waals surface area contributed by atoms with Gasteiger partial charge in [-0.1, -0.05) is 18.2 Å². The number of amides is 1. The zero-order valence-corrected chi connectivity index (χ0v) is 16.3. The number of ether oxygens (including phenoxy) is 3. The van der Waals surface area contributed by atoms with E-state index in [4.69, 9.17) is 14.2 Å². The zero-order chi connectivity index (χ0) is 20.3. The van der Waals surface area contributed by atoms with Crippen LogP contribution in [0.15, 0.2) is 72.9 Å². The Kier molecular flexibility index (Phi) is 7.46. The predicted octanol–water partition coefficient (Wildman–Crippen LogP) is 3.75. The molecule has 0 aliphatic carbocycles.